The van der Waals surface area contributed by atoms with Crippen molar-refractivity contribution in [3.63, 3.8) is 0 Å². The fourth-order valence-electron chi connectivity index (χ4n) is 2.51. The normalized spacial score (nSPS) is 10.9. The monoisotopic (exact) mass is 252 g/mol. The molecule has 0 nitrogen and oxygen atoms in total. The van der Waals surface area contributed by atoms with E-state index in [1.165, 1.54) is 33.2 Å². The molecule has 0 fully saturated rings. The Bertz CT molecular complexity index is 650. The highest BCUT2D eigenvalue weighted by Crippen LogP contribution is 2.35. The molecule has 0 amide bonds. The van der Waals surface area contributed by atoms with Crippen LogP contribution in [0, 0.1) is 0 Å². The molecule has 0 N–H and O–H groups in total. The molecular formula is C17H16S. The number of hydrogen-bond donors (Lipinski definition) is 0. The number of fused-ring (bicyclic) bond motifs is 1. The van der Waals surface area contributed by atoms with Gasteiger partial charge in [0.05, 0.1) is 0 Å². The zero-order chi connectivity index (χ0) is 12.4. The van der Waals surface area contributed by atoms with Gasteiger partial charge in [-0.2, -0.15) is 0 Å². The summed E-state index contributed by atoms with van der Waals surface area (Å²) in [5.74, 6) is 0. The molecule has 90 valence electrons. The van der Waals surface area contributed by atoms with Crippen molar-refractivity contribution >= 4 is 22.1 Å². The van der Waals surface area contributed by atoms with E-state index in [4.69, 9.17) is 0 Å². The summed E-state index contributed by atoms with van der Waals surface area (Å²) in [6.45, 7) is 2.24. The van der Waals surface area contributed by atoms with E-state index in [0.29, 0.717) is 0 Å². The van der Waals surface area contributed by atoms with Crippen molar-refractivity contribution < 1.29 is 0 Å². The van der Waals surface area contributed by atoms with Gasteiger partial charge in [-0.15, -0.1) is 11.3 Å². The quantitative estimate of drug-likeness (QED) is 0.575. The molecule has 1 aromatic heterocycles. The molecule has 0 bridgehead atoms. The fraction of sp³-hybridized carbons (Fsp3) is 0.176. The van der Waals surface area contributed by atoms with E-state index in [2.05, 4.69) is 60.8 Å². The minimum absolute atomic E-state index is 1.15. The van der Waals surface area contributed by atoms with Gasteiger partial charge in [0.15, 0.2) is 0 Å². The molecule has 0 saturated carbocycles. The first-order valence-corrected chi connectivity index (χ1v) is 7.32. The van der Waals surface area contributed by atoms with Gasteiger partial charge < -0.3 is 0 Å². The summed E-state index contributed by atoms with van der Waals surface area (Å²) in [6.07, 6.45) is 2.34. The first-order chi connectivity index (χ1) is 8.90. The highest BCUT2D eigenvalue weighted by Gasteiger charge is 2.09. The summed E-state index contributed by atoms with van der Waals surface area (Å²) in [6, 6.07) is 17.6. The summed E-state index contributed by atoms with van der Waals surface area (Å²) in [7, 11) is 0. The van der Waals surface area contributed by atoms with Crippen LogP contribution < -0.4 is 0 Å². The van der Waals surface area contributed by atoms with Crippen molar-refractivity contribution in [2.45, 2.75) is 19.8 Å². The minimum Gasteiger partial charge on any atom is -0.144 e. The van der Waals surface area contributed by atoms with E-state index >= 15 is 0 Å². The molecule has 1 heterocycles. The van der Waals surface area contributed by atoms with Crippen LogP contribution in [0.3, 0.4) is 0 Å². The molecule has 0 atom stereocenters. The van der Waals surface area contributed by atoms with E-state index < -0.39 is 0 Å². The summed E-state index contributed by atoms with van der Waals surface area (Å²) < 4.78 is 0. The maximum atomic E-state index is 2.29. The van der Waals surface area contributed by atoms with Gasteiger partial charge in [0.1, 0.15) is 0 Å². The molecular weight excluding hydrogens is 236 g/mol. The molecule has 0 unspecified atom stereocenters. The zero-order valence-corrected chi connectivity index (χ0v) is 11.3. The van der Waals surface area contributed by atoms with Crippen LogP contribution in [-0.4, -0.2) is 0 Å². The van der Waals surface area contributed by atoms with Crippen molar-refractivity contribution in [3.05, 3.63) is 59.5 Å². The molecule has 0 aliphatic heterocycles. The number of benzene rings is 2. The molecule has 0 aliphatic rings. The molecule has 1 heteroatoms. The molecule has 3 aromatic rings. The predicted molar refractivity (Wildman–Crippen MR) is 81.3 cm³/mol. The van der Waals surface area contributed by atoms with Gasteiger partial charge in [-0.3, -0.25) is 0 Å². The average Bonchev–Trinajstić information content (AvgIpc) is 2.92. The van der Waals surface area contributed by atoms with Gasteiger partial charge >= 0.3 is 0 Å². The maximum Gasteiger partial charge on any atom is 0.0351 e. The first kappa shape index (κ1) is 11.5. The number of aryl methyl sites for hydroxylation is 1. The maximum absolute atomic E-state index is 2.29. The van der Waals surface area contributed by atoms with Crippen molar-refractivity contribution in [1.82, 2.24) is 0 Å². The molecule has 0 aliphatic carbocycles. The number of rotatable bonds is 3. The Morgan fingerprint density at radius 1 is 0.944 bits per heavy atom. The lowest BCUT2D eigenvalue weighted by molar-refractivity contribution is 0.925. The van der Waals surface area contributed by atoms with E-state index in [0.717, 1.165) is 6.42 Å². The average molecular weight is 252 g/mol. The third-order valence-corrected chi connectivity index (χ3v) is 4.19. The van der Waals surface area contributed by atoms with Crippen LogP contribution in [0.15, 0.2) is 53.9 Å². The molecule has 0 radical (unpaired) electrons. The largest absolute Gasteiger partial charge is 0.144 e. The SMILES string of the molecule is CCCc1ccc2ccccc2c1-c1cccs1. The number of thiophene rings is 1. The van der Waals surface area contributed by atoms with Crippen LogP contribution in [0.5, 0.6) is 0 Å². The Kier molecular flexibility index (Phi) is 3.16. The van der Waals surface area contributed by atoms with Crippen LogP contribution in [0.25, 0.3) is 21.2 Å². The second-order valence-electron chi connectivity index (χ2n) is 4.55. The van der Waals surface area contributed by atoms with Gasteiger partial charge in [0, 0.05) is 10.4 Å². The predicted octanol–water partition coefficient (Wildman–Crippen LogP) is 5.52. The Morgan fingerprint density at radius 2 is 1.83 bits per heavy atom. The van der Waals surface area contributed by atoms with Crippen LogP contribution in [-0.2, 0) is 6.42 Å². The highest BCUT2D eigenvalue weighted by atomic mass is 32.1. The summed E-state index contributed by atoms with van der Waals surface area (Å²) in [5.41, 5.74) is 2.91. The van der Waals surface area contributed by atoms with Crippen molar-refractivity contribution in [3.8, 4) is 10.4 Å². The van der Waals surface area contributed by atoms with Gasteiger partial charge in [-0.25, -0.2) is 0 Å². The van der Waals surface area contributed by atoms with Crippen LogP contribution in [0.1, 0.15) is 18.9 Å². The second kappa shape index (κ2) is 4.95. The molecule has 3 rings (SSSR count). The molecule has 0 spiro atoms. The molecule has 0 saturated heterocycles. The van der Waals surface area contributed by atoms with E-state index in [1.54, 1.807) is 0 Å². The number of hydrogen-bond acceptors (Lipinski definition) is 1. The molecule has 18 heavy (non-hydrogen) atoms. The van der Waals surface area contributed by atoms with Gasteiger partial charge in [-0.1, -0.05) is 55.8 Å². The van der Waals surface area contributed by atoms with Gasteiger partial charge in [0.25, 0.3) is 0 Å². The highest BCUT2D eigenvalue weighted by molar-refractivity contribution is 7.13. The lowest BCUT2D eigenvalue weighted by atomic mass is 9.95. The van der Waals surface area contributed by atoms with Gasteiger partial charge in [-0.05, 0) is 34.2 Å². The minimum atomic E-state index is 1.15. The fourth-order valence-corrected chi connectivity index (χ4v) is 3.33. The lowest BCUT2D eigenvalue weighted by Gasteiger charge is -2.11. The lowest BCUT2D eigenvalue weighted by Crippen LogP contribution is -1.89. The van der Waals surface area contributed by atoms with Crippen LogP contribution >= 0.6 is 11.3 Å². The van der Waals surface area contributed by atoms with Crippen molar-refractivity contribution in [1.29, 1.82) is 0 Å². The summed E-state index contributed by atoms with van der Waals surface area (Å²) in [5, 5.41) is 4.87. The zero-order valence-electron chi connectivity index (χ0n) is 10.5. The smallest absolute Gasteiger partial charge is 0.0351 e. The van der Waals surface area contributed by atoms with Crippen molar-refractivity contribution in [2.24, 2.45) is 0 Å². The van der Waals surface area contributed by atoms with Crippen LogP contribution in [0.2, 0.25) is 0 Å². The third kappa shape index (κ3) is 1.95. The summed E-state index contributed by atoms with van der Waals surface area (Å²) in [4.78, 5) is 1.38. The third-order valence-electron chi connectivity index (χ3n) is 3.30. The van der Waals surface area contributed by atoms with Crippen molar-refractivity contribution in [2.75, 3.05) is 0 Å². The summed E-state index contributed by atoms with van der Waals surface area (Å²) >= 11 is 1.83. The Balaban J connectivity index is 2.32. The topological polar surface area (TPSA) is 0 Å². The molecule has 2 aromatic carbocycles. The van der Waals surface area contributed by atoms with E-state index in [-0.39, 0.29) is 0 Å². The van der Waals surface area contributed by atoms with E-state index in [1.807, 2.05) is 11.3 Å². The Morgan fingerprint density at radius 3 is 2.61 bits per heavy atom. The first-order valence-electron chi connectivity index (χ1n) is 6.44. The Hall–Kier alpha value is -1.60. The van der Waals surface area contributed by atoms with Gasteiger partial charge in [0.2, 0.25) is 0 Å². The second-order valence-corrected chi connectivity index (χ2v) is 5.50. The standard InChI is InChI=1S/C17H16S/c1-2-6-14-11-10-13-7-3-4-8-15(13)17(14)16-9-5-12-18-16/h3-5,7-12H,2,6H2,1H3. The van der Waals surface area contributed by atoms with E-state index in [9.17, 15) is 0 Å². The van der Waals surface area contributed by atoms with Crippen LogP contribution in [0.4, 0.5) is 0 Å². The Labute approximate surface area is 112 Å².